The summed E-state index contributed by atoms with van der Waals surface area (Å²) in [5.74, 6) is -1.57. The number of aromatic nitrogens is 3. The van der Waals surface area contributed by atoms with Crippen LogP contribution >= 0.6 is 0 Å². The van der Waals surface area contributed by atoms with Gasteiger partial charge in [0.1, 0.15) is 29.5 Å². The molecule has 0 aliphatic carbocycles. The van der Waals surface area contributed by atoms with Crippen LogP contribution in [0.4, 0.5) is 27.9 Å². The lowest BCUT2D eigenvalue weighted by Crippen LogP contribution is -2.62. The van der Waals surface area contributed by atoms with Crippen molar-refractivity contribution in [3.63, 3.8) is 0 Å². The second kappa shape index (κ2) is 19.1. The van der Waals surface area contributed by atoms with Gasteiger partial charge >= 0.3 is 6.03 Å². The summed E-state index contributed by atoms with van der Waals surface area (Å²) >= 11 is 0. The van der Waals surface area contributed by atoms with E-state index in [-0.39, 0.29) is 35.9 Å². The molecular weight excluding hydrogens is 779 g/mol. The number of hydrogen-bond acceptors (Lipinski definition) is 10. The van der Waals surface area contributed by atoms with E-state index >= 15 is 0 Å². The van der Waals surface area contributed by atoms with Crippen LogP contribution in [0.25, 0.3) is 0 Å². The van der Waals surface area contributed by atoms with Crippen molar-refractivity contribution in [3.05, 3.63) is 65.1 Å². The van der Waals surface area contributed by atoms with E-state index in [2.05, 4.69) is 36.2 Å². The van der Waals surface area contributed by atoms with Crippen LogP contribution in [-0.4, -0.2) is 112 Å². The Bertz CT molecular complexity index is 2140. The molecule has 17 heteroatoms. The molecule has 0 radical (unpaired) electrons. The maximum atomic E-state index is 14.4. The number of nitrogens with one attached hydrogen (secondary N) is 4. The maximum absolute atomic E-state index is 14.4. The Balaban J connectivity index is 1.30. The molecule has 328 valence electrons. The van der Waals surface area contributed by atoms with Gasteiger partial charge in [-0.25, -0.2) is 9.78 Å². The van der Waals surface area contributed by atoms with Gasteiger partial charge in [0.25, 0.3) is 5.91 Å². The van der Waals surface area contributed by atoms with E-state index in [9.17, 15) is 28.8 Å². The number of pyridine rings is 1. The van der Waals surface area contributed by atoms with E-state index in [1.165, 1.54) is 14.7 Å². The number of urea groups is 1. The molecule has 0 bridgehead atoms. The standard InChI is InChI=1S/C44H61N11O6/c1-12-26(4)35(40(59)54-19-13-14-33(54)38(57)51-44(7,8)41(60)48-32(20-25(2)3)39(58)52(9)10)49-37(56)29-17-15-27(5)34(21-29)55-24-30-22-46-42(50-36(30)53(11)43(55)61)47-31-18-16-28(6)45-23-31/h15-18,21-23,25-26,32-33,35H,12-14,19-20,24H2,1-11H3,(H,48,60)(H,49,56)(H,51,57)(H,46,47,50)/t26-,32-,33-,35-/m0/s1. The van der Waals surface area contributed by atoms with Gasteiger partial charge in [-0.2, -0.15) is 4.98 Å². The van der Waals surface area contributed by atoms with E-state index in [4.69, 9.17) is 0 Å². The molecule has 0 saturated carbocycles. The van der Waals surface area contributed by atoms with Crippen molar-refractivity contribution in [1.29, 1.82) is 0 Å². The fourth-order valence-corrected chi connectivity index (χ4v) is 7.45. The van der Waals surface area contributed by atoms with Crippen molar-refractivity contribution in [1.82, 2.24) is 40.7 Å². The number of likely N-dealkylation sites (N-methyl/N-ethyl adjacent to an activating group) is 1. The largest absolute Gasteiger partial charge is 0.347 e. The van der Waals surface area contributed by atoms with Crippen LogP contribution < -0.4 is 31.1 Å². The smallest absolute Gasteiger partial charge is 0.330 e. The molecule has 1 saturated heterocycles. The molecule has 2 aliphatic rings. The van der Waals surface area contributed by atoms with Crippen LogP contribution in [0.15, 0.2) is 42.7 Å². The average molecular weight is 840 g/mol. The topological polar surface area (TPSA) is 202 Å². The van der Waals surface area contributed by atoms with E-state index in [0.717, 1.165) is 11.3 Å². The first kappa shape index (κ1) is 45.9. The first-order chi connectivity index (χ1) is 28.7. The van der Waals surface area contributed by atoms with Crippen LogP contribution in [0.3, 0.4) is 0 Å². The molecule has 4 N–H and O–H groups in total. The van der Waals surface area contributed by atoms with Crippen molar-refractivity contribution in [2.75, 3.05) is 42.8 Å². The average Bonchev–Trinajstić information content (AvgIpc) is 3.72. The molecule has 4 heterocycles. The lowest BCUT2D eigenvalue weighted by molar-refractivity contribution is -0.143. The van der Waals surface area contributed by atoms with E-state index in [0.29, 0.717) is 60.9 Å². The molecule has 7 amide bonds. The Morgan fingerprint density at radius 1 is 0.984 bits per heavy atom. The minimum absolute atomic E-state index is 0.132. The Kier molecular flexibility index (Phi) is 14.4. The zero-order chi connectivity index (χ0) is 44.9. The minimum Gasteiger partial charge on any atom is -0.347 e. The summed E-state index contributed by atoms with van der Waals surface area (Å²) in [6.07, 6.45) is 5.26. The van der Waals surface area contributed by atoms with Gasteiger partial charge in [0.2, 0.25) is 29.6 Å². The molecule has 0 unspecified atom stereocenters. The highest BCUT2D eigenvalue weighted by molar-refractivity contribution is 6.07. The summed E-state index contributed by atoms with van der Waals surface area (Å²) in [7, 11) is 4.88. The normalized spacial score (nSPS) is 16.7. The Hall–Kier alpha value is -6.13. The quantitative estimate of drug-likeness (QED) is 0.169. The van der Waals surface area contributed by atoms with Gasteiger partial charge in [0, 0.05) is 56.4 Å². The summed E-state index contributed by atoms with van der Waals surface area (Å²) in [4.78, 5) is 102. The number of likely N-dealkylation sites (tertiary alicyclic amines) is 1. The predicted octanol–water partition coefficient (Wildman–Crippen LogP) is 4.46. The SMILES string of the molecule is CC[C@H](C)[C@H](NC(=O)c1ccc(C)c(N2Cc3cnc(Nc4ccc(C)nc4)nc3N(C)C2=O)c1)C(=O)N1CCC[C@H]1C(=O)NC(C)(C)C(=O)N[C@@H](CC(C)C)C(=O)N(C)C. The first-order valence-electron chi connectivity index (χ1n) is 20.9. The molecule has 3 aromatic rings. The third-order valence-electron chi connectivity index (χ3n) is 11.3. The van der Waals surface area contributed by atoms with Crippen molar-refractivity contribution < 1.29 is 28.8 Å². The summed E-state index contributed by atoms with van der Waals surface area (Å²) in [5.41, 5.74) is 2.40. The fraction of sp³-hybridized carbons (Fsp3) is 0.523. The second-order valence-electron chi connectivity index (χ2n) is 17.3. The molecule has 1 fully saturated rings. The third kappa shape index (κ3) is 10.6. The number of aryl methyl sites for hydroxylation is 2. The molecule has 0 spiro atoms. The number of amides is 7. The van der Waals surface area contributed by atoms with Gasteiger partial charge in [-0.1, -0.05) is 40.2 Å². The van der Waals surface area contributed by atoms with Gasteiger partial charge in [-0.3, -0.25) is 38.8 Å². The van der Waals surface area contributed by atoms with Gasteiger partial charge in [-0.05, 0) is 88.6 Å². The summed E-state index contributed by atoms with van der Waals surface area (Å²) < 4.78 is 0. The van der Waals surface area contributed by atoms with Crippen molar-refractivity contribution >= 4 is 58.7 Å². The number of fused-ring (bicyclic) bond motifs is 1. The number of carbonyl (C=O) groups is 6. The Labute approximate surface area is 358 Å². The number of benzene rings is 1. The van der Waals surface area contributed by atoms with Crippen LogP contribution in [0.2, 0.25) is 0 Å². The summed E-state index contributed by atoms with van der Waals surface area (Å²) in [6.45, 7) is 15.0. The third-order valence-corrected chi connectivity index (χ3v) is 11.3. The van der Waals surface area contributed by atoms with Crippen molar-refractivity contribution in [2.24, 2.45) is 11.8 Å². The Morgan fingerprint density at radius 2 is 1.70 bits per heavy atom. The van der Waals surface area contributed by atoms with Gasteiger partial charge in [-0.15, -0.1) is 0 Å². The van der Waals surface area contributed by atoms with Crippen LogP contribution in [0, 0.1) is 25.7 Å². The lowest BCUT2D eigenvalue weighted by atomic mass is 9.96. The highest BCUT2D eigenvalue weighted by Gasteiger charge is 2.42. The van der Waals surface area contributed by atoms with Gasteiger partial charge in [0.05, 0.1) is 18.4 Å². The highest BCUT2D eigenvalue weighted by Crippen LogP contribution is 2.33. The van der Waals surface area contributed by atoms with Crippen LogP contribution in [0.1, 0.15) is 94.4 Å². The van der Waals surface area contributed by atoms with Crippen molar-refractivity contribution in [2.45, 2.75) is 111 Å². The second-order valence-corrected chi connectivity index (χ2v) is 17.3. The maximum Gasteiger partial charge on any atom is 0.330 e. The van der Waals surface area contributed by atoms with Gasteiger partial charge < -0.3 is 31.1 Å². The summed E-state index contributed by atoms with van der Waals surface area (Å²) in [5, 5.41) is 11.7. The molecule has 2 aliphatic heterocycles. The highest BCUT2D eigenvalue weighted by atomic mass is 16.2. The predicted molar refractivity (Wildman–Crippen MR) is 233 cm³/mol. The molecule has 61 heavy (non-hydrogen) atoms. The molecule has 4 atom stereocenters. The molecule has 17 nitrogen and oxygen atoms in total. The van der Waals surface area contributed by atoms with E-state index < -0.39 is 47.3 Å². The molecule has 5 rings (SSSR count). The number of rotatable bonds is 15. The van der Waals surface area contributed by atoms with Crippen LogP contribution in [0.5, 0.6) is 0 Å². The zero-order valence-corrected chi connectivity index (χ0v) is 37.3. The molecular formula is C44H61N11O6. The van der Waals surface area contributed by atoms with Crippen LogP contribution in [-0.2, 0) is 25.7 Å². The Morgan fingerprint density at radius 3 is 2.34 bits per heavy atom. The van der Waals surface area contributed by atoms with E-state index in [1.54, 1.807) is 70.5 Å². The fourth-order valence-electron chi connectivity index (χ4n) is 7.45. The minimum atomic E-state index is -1.40. The zero-order valence-electron chi connectivity index (χ0n) is 37.3. The molecule has 2 aromatic heterocycles. The first-order valence-corrected chi connectivity index (χ1v) is 20.9. The van der Waals surface area contributed by atoms with Crippen molar-refractivity contribution in [3.8, 4) is 0 Å². The lowest BCUT2D eigenvalue weighted by Gasteiger charge is -2.35. The van der Waals surface area contributed by atoms with E-state index in [1.807, 2.05) is 53.7 Å². The number of anilines is 4. The summed E-state index contributed by atoms with van der Waals surface area (Å²) in [6, 6.07) is 5.83. The van der Waals surface area contributed by atoms with Gasteiger partial charge in [0.15, 0.2) is 0 Å². The number of hydrogen-bond donors (Lipinski definition) is 4. The number of carbonyl (C=O) groups excluding carboxylic acids is 6. The molecule has 1 aromatic carbocycles. The monoisotopic (exact) mass is 839 g/mol. The number of nitrogens with zero attached hydrogens (tertiary/aromatic N) is 7.